The lowest BCUT2D eigenvalue weighted by molar-refractivity contribution is 0.282. The number of fused-ring (bicyclic) bond motifs is 1. The second kappa shape index (κ2) is 4.88. The van der Waals surface area contributed by atoms with Gasteiger partial charge in [0.25, 0.3) is 0 Å². The lowest BCUT2D eigenvalue weighted by atomic mass is 10.0. The van der Waals surface area contributed by atoms with E-state index in [4.69, 9.17) is 5.73 Å². The normalized spacial score (nSPS) is 19.1. The molecule has 0 saturated carbocycles. The molecule has 1 aromatic carbocycles. The van der Waals surface area contributed by atoms with Crippen molar-refractivity contribution in [3.8, 4) is 0 Å². The fraction of sp³-hybridized carbons (Fsp3) is 0.571. The molecule has 1 atom stereocenters. The van der Waals surface area contributed by atoms with Gasteiger partial charge in [-0.1, -0.05) is 19.9 Å². The van der Waals surface area contributed by atoms with Gasteiger partial charge in [-0.2, -0.15) is 0 Å². The Kier molecular flexibility index (Phi) is 3.49. The largest absolute Gasteiger partial charge is 0.399 e. The molecule has 2 heteroatoms. The second-order valence-corrected chi connectivity index (χ2v) is 4.68. The topological polar surface area (TPSA) is 29.3 Å². The van der Waals surface area contributed by atoms with Crippen LogP contribution in [0.5, 0.6) is 0 Å². The molecular weight excluding hydrogens is 196 g/mol. The van der Waals surface area contributed by atoms with E-state index in [1.165, 1.54) is 30.5 Å². The van der Waals surface area contributed by atoms with Gasteiger partial charge in [0.1, 0.15) is 0 Å². The average Bonchev–Trinajstić information content (AvgIpc) is 2.68. The number of aryl methyl sites for hydroxylation is 1. The van der Waals surface area contributed by atoms with E-state index in [9.17, 15) is 0 Å². The van der Waals surface area contributed by atoms with E-state index in [1.54, 1.807) is 0 Å². The van der Waals surface area contributed by atoms with Gasteiger partial charge >= 0.3 is 0 Å². The van der Waals surface area contributed by atoms with Gasteiger partial charge in [0.2, 0.25) is 0 Å². The summed E-state index contributed by atoms with van der Waals surface area (Å²) in [5.41, 5.74) is 9.72. The molecule has 1 aromatic rings. The summed E-state index contributed by atoms with van der Waals surface area (Å²) in [6.07, 6.45) is 2.49. The third-order valence-electron chi connectivity index (χ3n) is 3.74. The highest BCUT2D eigenvalue weighted by atomic mass is 15.1. The lowest BCUT2D eigenvalue weighted by Crippen LogP contribution is -2.27. The number of anilines is 1. The number of likely N-dealkylation sites (N-methyl/N-ethyl adjacent to an activating group) is 1. The predicted octanol–water partition coefficient (Wildman–Crippen LogP) is 2.64. The van der Waals surface area contributed by atoms with Crippen molar-refractivity contribution in [3.05, 3.63) is 29.3 Å². The summed E-state index contributed by atoms with van der Waals surface area (Å²) in [5.74, 6) is 0.718. The molecule has 0 amide bonds. The van der Waals surface area contributed by atoms with Crippen LogP contribution in [0, 0.1) is 0 Å². The van der Waals surface area contributed by atoms with Crippen molar-refractivity contribution < 1.29 is 0 Å². The van der Waals surface area contributed by atoms with E-state index in [2.05, 4.69) is 30.9 Å². The first kappa shape index (κ1) is 11.5. The molecule has 2 rings (SSSR count). The zero-order chi connectivity index (χ0) is 11.5. The van der Waals surface area contributed by atoms with E-state index in [0.717, 1.165) is 24.7 Å². The summed E-state index contributed by atoms with van der Waals surface area (Å²) >= 11 is 0. The Bertz CT molecular complexity index is 356. The standard InChI is InChI=1S/C14H22N2/c1-3-16(4-2)10-12-6-5-11-9-13(15)7-8-14(11)12/h7-9,12H,3-6,10,15H2,1-2H3. The first-order valence-corrected chi connectivity index (χ1v) is 6.35. The number of nitrogens with two attached hydrogens (primary N) is 1. The predicted molar refractivity (Wildman–Crippen MR) is 69.7 cm³/mol. The zero-order valence-corrected chi connectivity index (χ0v) is 10.4. The maximum Gasteiger partial charge on any atom is 0.0316 e. The Morgan fingerprint density at radius 1 is 1.31 bits per heavy atom. The van der Waals surface area contributed by atoms with Crippen LogP contribution in [0.1, 0.15) is 37.3 Å². The van der Waals surface area contributed by atoms with Crippen molar-refractivity contribution in [1.29, 1.82) is 0 Å². The van der Waals surface area contributed by atoms with Crippen LogP contribution in [0.2, 0.25) is 0 Å². The SMILES string of the molecule is CCN(CC)CC1CCc2cc(N)ccc21. The molecule has 1 aliphatic rings. The maximum atomic E-state index is 5.82. The third kappa shape index (κ3) is 2.22. The highest BCUT2D eigenvalue weighted by Gasteiger charge is 2.23. The van der Waals surface area contributed by atoms with E-state index in [-0.39, 0.29) is 0 Å². The molecule has 88 valence electrons. The molecule has 0 bridgehead atoms. The van der Waals surface area contributed by atoms with Crippen LogP contribution < -0.4 is 5.73 Å². The molecule has 0 spiro atoms. The Morgan fingerprint density at radius 2 is 2.06 bits per heavy atom. The summed E-state index contributed by atoms with van der Waals surface area (Å²) in [5, 5.41) is 0. The molecule has 0 heterocycles. The minimum absolute atomic E-state index is 0.718. The smallest absolute Gasteiger partial charge is 0.0316 e. The molecule has 16 heavy (non-hydrogen) atoms. The van der Waals surface area contributed by atoms with Crippen molar-refractivity contribution in [2.24, 2.45) is 0 Å². The fourth-order valence-corrected chi connectivity index (χ4v) is 2.71. The van der Waals surface area contributed by atoms with Gasteiger partial charge in [-0.05, 0) is 55.1 Å². The van der Waals surface area contributed by atoms with Gasteiger partial charge in [-0.15, -0.1) is 0 Å². The summed E-state index contributed by atoms with van der Waals surface area (Å²) in [6.45, 7) is 7.98. The van der Waals surface area contributed by atoms with Gasteiger partial charge in [0, 0.05) is 12.2 Å². The quantitative estimate of drug-likeness (QED) is 0.787. The van der Waals surface area contributed by atoms with Crippen molar-refractivity contribution in [2.75, 3.05) is 25.4 Å². The Hall–Kier alpha value is -1.02. The van der Waals surface area contributed by atoms with Crippen LogP contribution in [0.25, 0.3) is 0 Å². The van der Waals surface area contributed by atoms with Crippen molar-refractivity contribution in [2.45, 2.75) is 32.6 Å². The van der Waals surface area contributed by atoms with Crippen LogP contribution in [0.4, 0.5) is 5.69 Å². The minimum atomic E-state index is 0.718. The summed E-state index contributed by atoms with van der Waals surface area (Å²) in [6, 6.07) is 6.42. The number of hydrogen-bond donors (Lipinski definition) is 1. The van der Waals surface area contributed by atoms with Crippen LogP contribution in [0.3, 0.4) is 0 Å². The van der Waals surface area contributed by atoms with Crippen molar-refractivity contribution in [3.63, 3.8) is 0 Å². The molecule has 2 N–H and O–H groups in total. The molecule has 2 nitrogen and oxygen atoms in total. The van der Waals surface area contributed by atoms with Crippen molar-refractivity contribution in [1.82, 2.24) is 4.90 Å². The molecule has 1 aliphatic carbocycles. The van der Waals surface area contributed by atoms with E-state index < -0.39 is 0 Å². The molecular formula is C14H22N2. The van der Waals surface area contributed by atoms with E-state index in [0.29, 0.717) is 0 Å². The van der Waals surface area contributed by atoms with Crippen molar-refractivity contribution >= 4 is 5.69 Å². The first-order valence-electron chi connectivity index (χ1n) is 6.35. The highest BCUT2D eigenvalue weighted by molar-refractivity contribution is 5.48. The molecule has 1 unspecified atom stereocenters. The van der Waals surface area contributed by atoms with Gasteiger partial charge in [0.05, 0.1) is 0 Å². The van der Waals surface area contributed by atoms with Gasteiger partial charge < -0.3 is 10.6 Å². The van der Waals surface area contributed by atoms with Gasteiger partial charge in [0.15, 0.2) is 0 Å². The number of rotatable bonds is 4. The molecule has 0 aliphatic heterocycles. The number of nitrogens with zero attached hydrogens (tertiary/aromatic N) is 1. The second-order valence-electron chi connectivity index (χ2n) is 4.68. The fourth-order valence-electron chi connectivity index (χ4n) is 2.71. The van der Waals surface area contributed by atoms with Crippen LogP contribution >= 0.6 is 0 Å². The molecule has 0 saturated heterocycles. The Balaban J connectivity index is 2.11. The lowest BCUT2D eigenvalue weighted by Gasteiger charge is -2.23. The van der Waals surface area contributed by atoms with Crippen LogP contribution in [-0.4, -0.2) is 24.5 Å². The monoisotopic (exact) mass is 218 g/mol. The first-order chi connectivity index (χ1) is 7.74. The molecule has 0 fully saturated rings. The Labute approximate surface area is 98.4 Å². The molecule has 0 aromatic heterocycles. The van der Waals surface area contributed by atoms with E-state index in [1.807, 2.05) is 6.07 Å². The number of hydrogen-bond acceptors (Lipinski definition) is 2. The third-order valence-corrected chi connectivity index (χ3v) is 3.74. The summed E-state index contributed by atoms with van der Waals surface area (Å²) in [4.78, 5) is 2.51. The molecule has 0 radical (unpaired) electrons. The Morgan fingerprint density at radius 3 is 2.75 bits per heavy atom. The number of benzene rings is 1. The highest BCUT2D eigenvalue weighted by Crippen LogP contribution is 2.34. The number of nitrogen functional groups attached to an aromatic ring is 1. The zero-order valence-electron chi connectivity index (χ0n) is 10.4. The van der Waals surface area contributed by atoms with Crippen LogP contribution in [-0.2, 0) is 6.42 Å². The van der Waals surface area contributed by atoms with Gasteiger partial charge in [-0.25, -0.2) is 0 Å². The van der Waals surface area contributed by atoms with E-state index >= 15 is 0 Å². The van der Waals surface area contributed by atoms with Gasteiger partial charge in [-0.3, -0.25) is 0 Å². The summed E-state index contributed by atoms with van der Waals surface area (Å²) in [7, 11) is 0. The maximum absolute atomic E-state index is 5.82. The average molecular weight is 218 g/mol. The van der Waals surface area contributed by atoms with Crippen LogP contribution in [0.15, 0.2) is 18.2 Å². The minimum Gasteiger partial charge on any atom is -0.399 e. The summed E-state index contributed by atoms with van der Waals surface area (Å²) < 4.78 is 0.